The van der Waals surface area contributed by atoms with Crippen LogP contribution in [0.25, 0.3) is 0 Å². The smallest absolute Gasteiger partial charge is 0.312 e. The molecule has 5 nitrogen and oxygen atoms in total. The molecule has 3 amide bonds. The molecule has 0 saturated carbocycles. The molecule has 1 spiro atoms. The first kappa shape index (κ1) is 16.3. The molecule has 0 bridgehead atoms. The van der Waals surface area contributed by atoms with Crippen LogP contribution in [0, 0.1) is 0 Å². The van der Waals surface area contributed by atoms with Gasteiger partial charge in [-0.1, -0.05) is 6.08 Å². The molecule has 0 aromatic heterocycles. The van der Waals surface area contributed by atoms with E-state index in [-0.39, 0.29) is 18.5 Å². The Bertz CT molecular complexity index is 483. The first-order chi connectivity index (χ1) is 9.49. The Morgan fingerprint density at radius 3 is 2.10 bits per heavy atom. The molecule has 2 saturated heterocycles. The summed E-state index contributed by atoms with van der Waals surface area (Å²) in [7, 11) is 1.71. The van der Waals surface area contributed by atoms with Crippen LogP contribution in [0.4, 0.5) is 4.79 Å². The Kier molecular flexibility index (Phi) is 3.66. The summed E-state index contributed by atoms with van der Waals surface area (Å²) in [5.41, 5.74) is -1.60. The van der Waals surface area contributed by atoms with Crippen LogP contribution >= 0.6 is 11.8 Å². The Morgan fingerprint density at radius 1 is 1.19 bits per heavy atom. The molecule has 118 valence electrons. The highest BCUT2D eigenvalue weighted by atomic mass is 35.5. The van der Waals surface area contributed by atoms with Crippen LogP contribution in [0.2, 0.25) is 0 Å². The van der Waals surface area contributed by atoms with Gasteiger partial charge in [0.05, 0.1) is 0 Å². The molecule has 2 aliphatic rings. The third kappa shape index (κ3) is 2.18. The molecule has 2 fully saturated rings. The number of likely N-dealkylation sites (N-methyl/N-ethyl adjacent to an activating group) is 1. The van der Waals surface area contributed by atoms with E-state index >= 15 is 0 Å². The van der Waals surface area contributed by atoms with Crippen LogP contribution in [-0.2, 0) is 4.79 Å². The molecule has 0 atom stereocenters. The highest BCUT2D eigenvalue weighted by Crippen LogP contribution is 2.49. The van der Waals surface area contributed by atoms with E-state index in [1.807, 2.05) is 27.7 Å². The zero-order valence-corrected chi connectivity index (χ0v) is 14.2. The predicted octanol–water partition coefficient (Wildman–Crippen LogP) is 2.61. The largest absolute Gasteiger partial charge is 0.327 e. The first-order valence-corrected chi connectivity index (χ1v) is 7.50. The topological polar surface area (TPSA) is 43.9 Å². The molecule has 2 aliphatic heterocycles. The molecular weight excluding hydrogens is 290 g/mol. The van der Waals surface area contributed by atoms with E-state index < -0.39 is 16.6 Å². The van der Waals surface area contributed by atoms with E-state index in [0.29, 0.717) is 12.8 Å². The summed E-state index contributed by atoms with van der Waals surface area (Å²) in [5, 5.41) is 0. The van der Waals surface area contributed by atoms with Crippen molar-refractivity contribution in [1.29, 1.82) is 0 Å². The van der Waals surface area contributed by atoms with Gasteiger partial charge in [0.25, 0.3) is 5.91 Å². The van der Waals surface area contributed by atoms with Crippen LogP contribution < -0.4 is 0 Å². The van der Waals surface area contributed by atoms with E-state index in [1.54, 1.807) is 22.4 Å². The summed E-state index contributed by atoms with van der Waals surface area (Å²) < 4.78 is 1.78. The van der Waals surface area contributed by atoms with Crippen LogP contribution in [0.5, 0.6) is 0 Å². The minimum Gasteiger partial charge on any atom is -0.312 e. The van der Waals surface area contributed by atoms with Crippen LogP contribution in [-0.4, -0.2) is 56.4 Å². The summed E-state index contributed by atoms with van der Waals surface area (Å²) in [5.74, 6) is -0.138. The summed E-state index contributed by atoms with van der Waals surface area (Å²) in [6.07, 6.45) is 2.61. The Morgan fingerprint density at radius 2 is 1.67 bits per heavy atom. The molecule has 0 aromatic carbocycles. The zero-order valence-electron chi connectivity index (χ0n) is 13.4. The van der Waals surface area contributed by atoms with E-state index in [1.165, 1.54) is 4.90 Å². The van der Waals surface area contributed by atoms with E-state index in [2.05, 4.69) is 6.58 Å². The second-order valence-electron chi connectivity index (χ2n) is 7.34. The second-order valence-corrected chi connectivity index (χ2v) is 7.67. The van der Waals surface area contributed by atoms with E-state index in [4.69, 9.17) is 11.8 Å². The monoisotopic (exact) mass is 313 g/mol. The summed E-state index contributed by atoms with van der Waals surface area (Å²) in [6, 6.07) is -0.255. The van der Waals surface area contributed by atoms with Gasteiger partial charge < -0.3 is 4.90 Å². The van der Waals surface area contributed by atoms with Crippen LogP contribution in [0.1, 0.15) is 40.5 Å². The fourth-order valence-electron chi connectivity index (χ4n) is 3.98. The molecule has 0 unspecified atom stereocenters. The van der Waals surface area contributed by atoms with Crippen molar-refractivity contribution in [2.75, 3.05) is 13.6 Å². The molecule has 6 heteroatoms. The summed E-state index contributed by atoms with van der Waals surface area (Å²) in [4.78, 5) is 28.2. The molecule has 0 radical (unpaired) electrons. The molecule has 0 N–H and O–H groups in total. The Hall–Kier alpha value is -1.07. The number of carbonyl (C=O) groups excluding carboxylic acids is 2. The molecular formula is C15H24ClN3O2. The fourth-order valence-corrected chi connectivity index (χ4v) is 4.10. The minimum absolute atomic E-state index is 0.138. The zero-order chi connectivity index (χ0) is 16.2. The average molecular weight is 314 g/mol. The maximum Gasteiger partial charge on any atom is 0.327 e. The van der Waals surface area contributed by atoms with Crippen molar-refractivity contribution in [3.8, 4) is 0 Å². The SMILES string of the molecule is C=CCN1C(=O)N(C)C2(CC(C)(C)N(Cl)C(C)(C)C2)C1=O. The maximum atomic E-state index is 12.9. The number of carbonyl (C=O) groups is 2. The number of amides is 3. The van der Waals surface area contributed by atoms with E-state index in [0.717, 1.165) is 0 Å². The number of nitrogens with zero attached hydrogens (tertiary/aromatic N) is 3. The third-order valence-corrected chi connectivity index (χ3v) is 5.54. The van der Waals surface area contributed by atoms with Gasteiger partial charge in [-0.25, -0.2) is 9.21 Å². The first-order valence-electron chi connectivity index (χ1n) is 7.16. The van der Waals surface area contributed by atoms with Crippen molar-refractivity contribution in [2.45, 2.75) is 57.2 Å². The van der Waals surface area contributed by atoms with Crippen molar-refractivity contribution >= 4 is 23.7 Å². The second kappa shape index (κ2) is 4.71. The Balaban J connectivity index is 2.49. The van der Waals surface area contributed by atoms with Gasteiger partial charge in [0.1, 0.15) is 5.54 Å². The molecule has 0 aliphatic carbocycles. The highest BCUT2D eigenvalue weighted by molar-refractivity contribution is 6.15. The third-order valence-electron chi connectivity index (χ3n) is 4.63. The lowest BCUT2D eigenvalue weighted by Gasteiger charge is -2.55. The number of urea groups is 1. The van der Waals surface area contributed by atoms with Gasteiger partial charge in [0.15, 0.2) is 0 Å². The number of hydrogen-bond donors (Lipinski definition) is 0. The molecule has 21 heavy (non-hydrogen) atoms. The quantitative estimate of drug-likeness (QED) is 0.447. The molecule has 0 aromatic rings. The lowest BCUT2D eigenvalue weighted by Crippen LogP contribution is -2.67. The highest BCUT2D eigenvalue weighted by Gasteiger charge is 2.63. The van der Waals surface area contributed by atoms with Crippen LogP contribution in [0.15, 0.2) is 12.7 Å². The lowest BCUT2D eigenvalue weighted by atomic mass is 9.70. The van der Waals surface area contributed by atoms with Gasteiger partial charge in [-0.3, -0.25) is 9.69 Å². The van der Waals surface area contributed by atoms with Gasteiger partial charge in [-0.15, -0.1) is 6.58 Å². The summed E-state index contributed by atoms with van der Waals surface area (Å²) >= 11 is 6.48. The van der Waals surface area contributed by atoms with Gasteiger partial charge in [-0.2, -0.15) is 0 Å². The Labute approximate surface area is 131 Å². The van der Waals surface area contributed by atoms with Crippen LogP contribution in [0.3, 0.4) is 0 Å². The number of rotatable bonds is 2. The lowest BCUT2D eigenvalue weighted by molar-refractivity contribution is -0.140. The number of halogens is 1. The number of imide groups is 1. The fraction of sp³-hybridized carbons (Fsp3) is 0.733. The van der Waals surface area contributed by atoms with Crippen molar-refractivity contribution in [3.63, 3.8) is 0 Å². The van der Waals surface area contributed by atoms with Crippen molar-refractivity contribution in [1.82, 2.24) is 14.2 Å². The van der Waals surface area contributed by atoms with Crippen molar-refractivity contribution in [2.24, 2.45) is 0 Å². The van der Waals surface area contributed by atoms with Gasteiger partial charge in [0, 0.05) is 24.7 Å². The van der Waals surface area contributed by atoms with Gasteiger partial charge in [-0.05, 0) is 52.3 Å². The normalized spacial score (nSPS) is 27.5. The average Bonchev–Trinajstić information content (AvgIpc) is 2.52. The minimum atomic E-state index is -0.821. The van der Waals surface area contributed by atoms with Gasteiger partial charge >= 0.3 is 6.03 Å². The number of hydrogen-bond acceptors (Lipinski definition) is 3. The summed E-state index contributed by atoms with van der Waals surface area (Å²) in [6.45, 7) is 11.9. The van der Waals surface area contributed by atoms with E-state index in [9.17, 15) is 9.59 Å². The maximum absolute atomic E-state index is 12.9. The molecule has 2 heterocycles. The predicted molar refractivity (Wildman–Crippen MR) is 82.9 cm³/mol. The van der Waals surface area contributed by atoms with Crippen molar-refractivity contribution in [3.05, 3.63) is 12.7 Å². The standard InChI is InChI=1S/C15H24ClN3O2/c1-7-8-18-11(20)15(17(6)12(18)21)9-13(2,3)19(16)14(4,5)10-15/h7H,1,8-10H2,2-6H3. The molecule has 2 rings (SSSR count). The van der Waals surface area contributed by atoms with Gasteiger partial charge in [0.2, 0.25) is 0 Å². The van der Waals surface area contributed by atoms with Crippen molar-refractivity contribution < 1.29 is 9.59 Å². The number of piperidine rings is 1.